The number of rotatable bonds is 8. The van der Waals surface area contributed by atoms with E-state index in [-0.39, 0.29) is 5.91 Å². The SMILES string of the molecule is COCCNC(=O)c1c(-c2ccc(OC)c(OC)c2)csc1NC(=O)OC(C)(C)C. The van der Waals surface area contributed by atoms with Crippen molar-refractivity contribution in [1.82, 2.24) is 5.32 Å². The second-order valence-electron chi connectivity index (χ2n) is 7.30. The first-order chi connectivity index (χ1) is 14.2. The maximum Gasteiger partial charge on any atom is 0.412 e. The zero-order chi connectivity index (χ0) is 22.3. The second-order valence-corrected chi connectivity index (χ2v) is 8.18. The van der Waals surface area contributed by atoms with Crippen molar-refractivity contribution < 1.29 is 28.5 Å². The number of hydrogen-bond donors (Lipinski definition) is 2. The largest absolute Gasteiger partial charge is 0.493 e. The molecule has 9 heteroatoms. The van der Waals surface area contributed by atoms with Crippen LogP contribution >= 0.6 is 11.3 Å². The molecule has 164 valence electrons. The number of thiophene rings is 1. The molecule has 0 unspecified atom stereocenters. The molecule has 0 aliphatic heterocycles. The van der Waals surface area contributed by atoms with Crippen molar-refractivity contribution in [3.63, 3.8) is 0 Å². The normalized spacial score (nSPS) is 11.0. The predicted molar refractivity (Wildman–Crippen MR) is 117 cm³/mol. The van der Waals surface area contributed by atoms with E-state index in [0.29, 0.717) is 40.8 Å². The van der Waals surface area contributed by atoms with E-state index in [1.54, 1.807) is 59.6 Å². The third kappa shape index (κ3) is 6.11. The highest BCUT2D eigenvalue weighted by Crippen LogP contribution is 2.39. The first kappa shape index (κ1) is 23.5. The van der Waals surface area contributed by atoms with Crippen molar-refractivity contribution >= 4 is 28.3 Å². The number of methoxy groups -OCH3 is 3. The molecular formula is C21H28N2O6S. The summed E-state index contributed by atoms with van der Waals surface area (Å²) in [7, 11) is 4.66. The van der Waals surface area contributed by atoms with Crippen molar-refractivity contribution in [2.75, 3.05) is 39.8 Å². The molecule has 0 aliphatic carbocycles. The van der Waals surface area contributed by atoms with Crippen LogP contribution in [-0.2, 0) is 9.47 Å². The molecule has 0 fully saturated rings. The maximum absolute atomic E-state index is 12.9. The first-order valence-electron chi connectivity index (χ1n) is 9.31. The summed E-state index contributed by atoms with van der Waals surface area (Å²) in [4.78, 5) is 25.2. The fourth-order valence-electron chi connectivity index (χ4n) is 2.64. The lowest BCUT2D eigenvalue weighted by atomic mass is 10.0. The van der Waals surface area contributed by atoms with E-state index in [9.17, 15) is 9.59 Å². The molecule has 0 radical (unpaired) electrons. The molecule has 0 saturated carbocycles. The molecule has 30 heavy (non-hydrogen) atoms. The maximum atomic E-state index is 12.9. The molecule has 8 nitrogen and oxygen atoms in total. The second kappa shape index (κ2) is 10.3. The van der Waals surface area contributed by atoms with Gasteiger partial charge in [-0.05, 0) is 38.5 Å². The zero-order valence-electron chi connectivity index (χ0n) is 18.1. The lowest BCUT2D eigenvalue weighted by molar-refractivity contribution is 0.0636. The molecule has 0 bridgehead atoms. The molecule has 1 heterocycles. The summed E-state index contributed by atoms with van der Waals surface area (Å²) in [5, 5.41) is 7.69. The van der Waals surface area contributed by atoms with E-state index in [4.69, 9.17) is 18.9 Å². The van der Waals surface area contributed by atoms with Gasteiger partial charge in [-0.15, -0.1) is 11.3 Å². The quantitative estimate of drug-likeness (QED) is 0.604. The van der Waals surface area contributed by atoms with Crippen LogP contribution in [0.2, 0.25) is 0 Å². The van der Waals surface area contributed by atoms with Gasteiger partial charge in [-0.2, -0.15) is 0 Å². The van der Waals surface area contributed by atoms with Crippen LogP contribution in [-0.4, -0.2) is 52.1 Å². The van der Waals surface area contributed by atoms with Crippen LogP contribution in [0.25, 0.3) is 11.1 Å². The van der Waals surface area contributed by atoms with Gasteiger partial charge in [0.05, 0.1) is 26.4 Å². The van der Waals surface area contributed by atoms with Crippen molar-refractivity contribution in [3.05, 3.63) is 29.1 Å². The fourth-order valence-corrected chi connectivity index (χ4v) is 3.60. The number of amides is 2. The van der Waals surface area contributed by atoms with E-state index < -0.39 is 11.7 Å². The van der Waals surface area contributed by atoms with Gasteiger partial charge in [0.25, 0.3) is 5.91 Å². The molecule has 0 aliphatic rings. The Morgan fingerprint density at radius 2 is 1.77 bits per heavy atom. The fraction of sp³-hybridized carbons (Fsp3) is 0.429. The Morgan fingerprint density at radius 1 is 1.07 bits per heavy atom. The summed E-state index contributed by atoms with van der Waals surface area (Å²) in [6, 6.07) is 5.37. The molecule has 2 aromatic rings. The lowest BCUT2D eigenvalue weighted by Crippen LogP contribution is -2.30. The van der Waals surface area contributed by atoms with E-state index >= 15 is 0 Å². The minimum absolute atomic E-state index is 0.329. The van der Waals surface area contributed by atoms with Crippen molar-refractivity contribution in [2.45, 2.75) is 26.4 Å². The van der Waals surface area contributed by atoms with Gasteiger partial charge in [0, 0.05) is 24.6 Å². The van der Waals surface area contributed by atoms with Crippen LogP contribution in [0.1, 0.15) is 31.1 Å². The molecule has 0 saturated heterocycles. The number of ether oxygens (including phenoxy) is 4. The number of carbonyl (C=O) groups is 2. The Labute approximate surface area is 180 Å². The minimum atomic E-state index is -0.658. The van der Waals surface area contributed by atoms with Gasteiger partial charge in [0.1, 0.15) is 10.6 Å². The molecule has 2 N–H and O–H groups in total. The van der Waals surface area contributed by atoms with E-state index in [0.717, 1.165) is 5.56 Å². The average Bonchev–Trinajstić information content (AvgIpc) is 3.09. The molecule has 0 spiro atoms. The number of carbonyl (C=O) groups excluding carboxylic acids is 2. The van der Waals surface area contributed by atoms with Crippen LogP contribution in [0.15, 0.2) is 23.6 Å². The minimum Gasteiger partial charge on any atom is -0.493 e. The summed E-state index contributed by atoms with van der Waals surface area (Å²) < 4.78 is 21.0. The monoisotopic (exact) mass is 436 g/mol. The summed E-state index contributed by atoms with van der Waals surface area (Å²) in [5.41, 5.74) is 1.09. The van der Waals surface area contributed by atoms with E-state index in [1.165, 1.54) is 11.3 Å². The molecule has 0 atom stereocenters. The van der Waals surface area contributed by atoms with E-state index in [1.807, 2.05) is 6.07 Å². The third-order valence-electron chi connectivity index (χ3n) is 3.92. The van der Waals surface area contributed by atoms with Crippen molar-refractivity contribution in [1.29, 1.82) is 0 Å². The number of benzene rings is 1. The van der Waals surface area contributed by atoms with E-state index in [2.05, 4.69) is 10.6 Å². The molecule has 1 aromatic heterocycles. The van der Waals surface area contributed by atoms with Gasteiger partial charge < -0.3 is 24.3 Å². The topological polar surface area (TPSA) is 95.1 Å². The van der Waals surface area contributed by atoms with Gasteiger partial charge >= 0.3 is 6.09 Å². The molecule has 2 rings (SSSR count). The smallest absolute Gasteiger partial charge is 0.412 e. The Kier molecular flexibility index (Phi) is 8.08. The summed E-state index contributed by atoms with van der Waals surface area (Å²) in [6.45, 7) is 6.02. The number of hydrogen-bond acceptors (Lipinski definition) is 7. The Morgan fingerprint density at radius 3 is 2.37 bits per heavy atom. The van der Waals surface area contributed by atoms with Gasteiger partial charge in [-0.25, -0.2) is 4.79 Å². The predicted octanol–water partition coefficient (Wildman–Crippen LogP) is 4.16. The van der Waals surface area contributed by atoms with Crippen molar-refractivity contribution in [3.8, 4) is 22.6 Å². The highest BCUT2D eigenvalue weighted by Gasteiger charge is 2.24. The Balaban J connectivity index is 2.43. The lowest BCUT2D eigenvalue weighted by Gasteiger charge is -2.19. The zero-order valence-corrected chi connectivity index (χ0v) is 18.9. The van der Waals surface area contributed by atoms with Gasteiger partial charge in [-0.3, -0.25) is 10.1 Å². The van der Waals surface area contributed by atoms with Gasteiger partial charge in [-0.1, -0.05) is 6.07 Å². The average molecular weight is 437 g/mol. The van der Waals surface area contributed by atoms with Crippen LogP contribution in [0, 0.1) is 0 Å². The Bertz CT molecular complexity index is 888. The van der Waals surface area contributed by atoms with Crippen molar-refractivity contribution in [2.24, 2.45) is 0 Å². The Hall–Kier alpha value is -2.78. The third-order valence-corrected chi connectivity index (χ3v) is 4.81. The summed E-state index contributed by atoms with van der Waals surface area (Å²) in [5.74, 6) is 0.785. The van der Waals surface area contributed by atoms with Gasteiger partial charge in [0.2, 0.25) is 0 Å². The van der Waals surface area contributed by atoms with Crippen LogP contribution in [0.4, 0.5) is 9.80 Å². The number of anilines is 1. The molecular weight excluding hydrogens is 408 g/mol. The van der Waals surface area contributed by atoms with Gasteiger partial charge in [0.15, 0.2) is 11.5 Å². The van der Waals surface area contributed by atoms with Crippen LogP contribution in [0.3, 0.4) is 0 Å². The first-order valence-corrected chi connectivity index (χ1v) is 10.2. The summed E-state index contributed by atoms with van der Waals surface area (Å²) in [6.07, 6.45) is -0.630. The number of nitrogens with one attached hydrogen (secondary N) is 2. The highest BCUT2D eigenvalue weighted by atomic mass is 32.1. The summed E-state index contributed by atoms with van der Waals surface area (Å²) >= 11 is 1.24. The highest BCUT2D eigenvalue weighted by molar-refractivity contribution is 7.15. The standard InChI is InChI=1S/C21H28N2O6S/c1-21(2,3)29-20(25)23-19-17(18(24)22-9-10-26-4)14(12-30-19)13-7-8-15(27-5)16(11-13)28-6/h7-8,11-12H,9-10H2,1-6H3,(H,22,24)(H,23,25). The molecule has 2 amide bonds. The van der Waals surface area contributed by atoms with Crippen LogP contribution < -0.4 is 20.1 Å². The van der Waals surface area contributed by atoms with Crippen LogP contribution in [0.5, 0.6) is 11.5 Å². The molecule has 1 aromatic carbocycles.